The van der Waals surface area contributed by atoms with Crippen molar-refractivity contribution >= 4 is 11.6 Å². The minimum absolute atomic E-state index is 0.250. The molecule has 4 aliphatic carbocycles. The van der Waals surface area contributed by atoms with Crippen molar-refractivity contribution < 1.29 is 9.59 Å². The van der Waals surface area contributed by atoms with Crippen LogP contribution in [-0.2, 0) is 9.59 Å². The summed E-state index contributed by atoms with van der Waals surface area (Å²) in [6.07, 6.45) is 4.62. The molecule has 0 radical (unpaired) electrons. The Morgan fingerprint density at radius 3 is 1.54 bits per heavy atom. The molecule has 4 bridgehead atoms. The minimum Gasteiger partial charge on any atom is -0.299 e. The molecule has 0 aromatic carbocycles. The summed E-state index contributed by atoms with van der Waals surface area (Å²) in [5, 5.41) is 0. The number of hydrogen-bond donors (Lipinski definition) is 0. The van der Waals surface area contributed by atoms with Crippen molar-refractivity contribution in [2.75, 3.05) is 0 Å². The van der Waals surface area contributed by atoms with Gasteiger partial charge in [0, 0.05) is 23.7 Å². The zero-order chi connectivity index (χ0) is 9.00. The lowest BCUT2D eigenvalue weighted by atomic mass is 9.66. The number of ketones is 2. The van der Waals surface area contributed by atoms with E-state index < -0.39 is 0 Å². The average Bonchev–Trinajstić information content (AvgIpc) is 2.32. The summed E-state index contributed by atoms with van der Waals surface area (Å²) in [4.78, 5) is 23.6. The predicted octanol–water partition coefficient (Wildman–Crippen LogP) is 1.58. The number of hydrogen-bond acceptors (Lipinski definition) is 2. The Morgan fingerprint density at radius 1 is 0.692 bits per heavy atom. The van der Waals surface area contributed by atoms with Crippen LogP contribution in [0, 0.1) is 23.7 Å². The van der Waals surface area contributed by atoms with Crippen LogP contribution in [0.15, 0.2) is 0 Å². The minimum atomic E-state index is 0.250. The highest BCUT2D eigenvalue weighted by molar-refractivity contribution is 5.93. The first-order chi connectivity index (χ1) is 6.25. The third kappa shape index (κ3) is 0.946. The Labute approximate surface area is 77.7 Å². The van der Waals surface area contributed by atoms with Gasteiger partial charge < -0.3 is 0 Å². The van der Waals surface area contributed by atoms with Crippen molar-refractivity contribution in [1.29, 1.82) is 0 Å². The lowest BCUT2D eigenvalue weighted by Crippen LogP contribution is -2.40. The monoisotopic (exact) mass is 178 g/mol. The summed E-state index contributed by atoms with van der Waals surface area (Å²) >= 11 is 0. The topological polar surface area (TPSA) is 34.1 Å². The maximum Gasteiger partial charge on any atom is 0.139 e. The van der Waals surface area contributed by atoms with Gasteiger partial charge in [-0.25, -0.2) is 0 Å². The molecule has 4 rings (SSSR count). The molecule has 0 aromatic heterocycles. The van der Waals surface area contributed by atoms with Gasteiger partial charge in [0.25, 0.3) is 0 Å². The summed E-state index contributed by atoms with van der Waals surface area (Å²) in [5.41, 5.74) is 0. The summed E-state index contributed by atoms with van der Waals surface area (Å²) in [5.74, 6) is 1.97. The van der Waals surface area contributed by atoms with Crippen molar-refractivity contribution in [2.24, 2.45) is 23.7 Å². The summed E-state index contributed by atoms with van der Waals surface area (Å²) in [7, 11) is 0. The molecule has 0 heterocycles. The molecular formula is C11H14O2. The first kappa shape index (κ1) is 7.72. The van der Waals surface area contributed by atoms with Crippen molar-refractivity contribution in [3.05, 3.63) is 0 Å². The molecule has 0 spiro atoms. The average molecular weight is 178 g/mol. The van der Waals surface area contributed by atoms with Gasteiger partial charge in [-0.15, -0.1) is 0 Å². The van der Waals surface area contributed by atoms with Crippen LogP contribution in [0.5, 0.6) is 0 Å². The quantitative estimate of drug-likeness (QED) is 0.564. The van der Waals surface area contributed by atoms with E-state index in [0.717, 1.165) is 32.1 Å². The molecule has 4 aliphatic rings. The molecule has 4 saturated carbocycles. The number of carbonyl (C=O) groups is 2. The smallest absolute Gasteiger partial charge is 0.139 e. The van der Waals surface area contributed by atoms with Crippen LogP contribution in [0.25, 0.3) is 0 Å². The Hall–Kier alpha value is -0.660. The summed E-state index contributed by atoms with van der Waals surface area (Å²) < 4.78 is 0. The van der Waals surface area contributed by atoms with Gasteiger partial charge in [-0.1, -0.05) is 0 Å². The van der Waals surface area contributed by atoms with Crippen LogP contribution in [-0.4, -0.2) is 11.6 Å². The predicted molar refractivity (Wildman–Crippen MR) is 47.1 cm³/mol. The van der Waals surface area contributed by atoms with Gasteiger partial charge in [0.15, 0.2) is 0 Å². The third-order valence-corrected chi connectivity index (χ3v) is 4.18. The highest BCUT2D eigenvalue weighted by atomic mass is 16.1. The second-order valence-corrected chi connectivity index (χ2v) is 4.88. The molecule has 0 saturated heterocycles. The van der Waals surface area contributed by atoms with Gasteiger partial charge in [0.1, 0.15) is 11.6 Å². The SMILES string of the molecule is O=C1[C@H]2C[C@H]3C[C@@H]1CC[C@@H](C2)C3=O. The van der Waals surface area contributed by atoms with Gasteiger partial charge in [-0.2, -0.15) is 0 Å². The highest BCUT2D eigenvalue weighted by Gasteiger charge is 2.48. The zero-order valence-corrected chi connectivity index (χ0v) is 7.66. The Balaban J connectivity index is 2.02. The fraction of sp³-hybridized carbons (Fsp3) is 0.818. The lowest BCUT2D eigenvalue weighted by Gasteiger charge is -2.35. The van der Waals surface area contributed by atoms with Gasteiger partial charge >= 0.3 is 0 Å². The van der Waals surface area contributed by atoms with E-state index in [1.165, 1.54) is 0 Å². The molecular weight excluding hydrogens is 164 g/mol. The summed E-state index contributed by atoms with van der Waals surface area (Å²) in [6, 6.07) is 0. The van der Waals surface area contributed by atoms with Crippen molar-refractivity contribution in [3.8, 4) is 0 Å². The molecule has 70 valence electrons. The van der Waals surface area contributed by atoms with Crippen molar-refractivity contribution in [1.82, 2.24) is 0 Å². The molecule has 0 amide bonds. The van der Waals surface area contributed by atoms with Crippen LogP contribution < -0.4 is 0 Å². The van der Waals surface area contributed by atoms with Gasteiger partial charge in [0.05, 0.1) is 0 Å². The maximum absolute atomic E-state index is 11.8. The Kier molecular flexibility index (Phi) is 1.44. The van der Waals surface area contributed by atoms with Crippen molar-refractivity contribution in [2.45, 2.75) is 32.1 Å². The van der Waals surface area contributed by atoms with Gasteiger partial charge in [0.2, 0.25) is 0 Å². The van der Waals surface area contributed by atoms with Crippen LogP contribution in [0.3, 0.4) is 0 Å². The van der Waals surface area contributed by atoms with Crippen LogP contribution in [0.1, 0.15) is 32.1 Å². The molecule has 0 aliphatic heterocycles. The molecule has 4 fully saturated rings. The van der Waals surface area contributed by atoms with E-state index in [2.05, 4.69) is 0 Å². The van der Waals surface area contributed by atoms with Gasteiger partial charge in [-0.3, -0.25) is 9.59 Å². The molecule has 13 heavy (non-hydrogen) atoms. The van der Waals surface area contributed by atoms with E-state index in [9.17, 15) is 9.59 Å². The summed E-state index contributed by atoms with van der Waals surface area (Å²) in [6.45, 7) is 0. The lowest BCUT2D eigenvalue weighted by molar-refractivity contribution is -0.139. The van der Waals surface area contributed by atoms with Crippen LogP contribution in [0.4, 0.5) is 0 Å². The van der Waals surface area contributed by atoms with E-state index in [0.29, 0.717) is 11.6 Å². The maximum atomic E-state index is 11.8. The Bertz CT molecular complexity index is 242. The number of Topliss-reactive ketones (excluding diaryl/α,β-unsaturated/α-hetero) is 2. The molecule has 0 aromatic rings. The highest BCUT2D eigenvalue weighted by Crippen LogP contribution is 2.47. The normalized spacial score (nSPS) is 48.3. The fourth-order valence-corrected chi connectivity index (χ4v) is 3.51. The second kappa shape index (κ2) is 2.43. The van der Waals surface area contributed by atoms with E-state index in [1.54, 1.807) is 0 Å². The first-order valence-corrected chi connectivity index (χ1v) is 5.33. The second-order valence-electron chi connectivity index (χ2n) is 4.88. The van der Waals surface area contributed by atoms with Crippen LogP contribution in [0.2, 0.25) is 0 Å². The van der Waals surface area contributed by atoms with E-state index >= 15 is 0 Å². The van der Waals surface area contributed by atoms with Crippen molar-refractivity contribution in [3.63, 3.8) is 0 Å². The third-order valence-electron chi connectivity index (χ3n) is 4.18. The molecule has 2 heteroatoms. The Morgan fingerprint density at radius 2 is 1.08 bits per heavy atom. The number of rotatable bonds is 0. The molecule has 0 unspecified atom stereocenters. The molecule has 0 N–H and O–H groups in total. The van der Waals surface area contributed by atoms with E-state index in [1.807, 2.05) is 0 Å². The number of carbonyl (C=O) groups excluding carboxylic acids is 2. The first-order valence-electron chi connectivity index (χ1n) is 5.33. The van der Waals surface area contributed by atoms with Gasteiger partial charge in [-0.05, 0) is 32.1 Å². The fourth-order valence-electron chi connectivity index (χ4n) is 3.51. The van der Waals surface area contributed by atoms with E-state index in [-0.39, 0.29) is 23.7 Å². The van der Waals surface area contributed by atoms with Crippen LogP contribution >= 0.6 is 0 Å². The zero-order valence-electron chi connectivity index (χ0n) is 7.66. The number of fused-ring (bicyclic) bond motifs is 1. The largest absolute Gasteiger partial charge is 0.299 e. The standard InChI is InChI=1S/C11H14O2/c12-10-6-1-2-7-4-9(10)5-8(3-6)11(7)13/h6-9H,1-5H2/t6-,7-,8+,9+/m0/s1. The molecule has 2 nitrogen and oxygen atoms in total. The molecule has 4 atom stereocenters. The van der Waals surface area contributed by atoms with E-state index in [4.69, 9.17) is 0 Å².